The van der Waals surface area contributed by atoms with Gasteiger partial charge in [0.1, 0.15) is 6.10 Å². The quantitative estimate of drug-likeness (QED) is 0.840. The molecule has 0 radical (unpaired) electrons. The third-order valence-corrected chi connectivity index (χ3v) is 3.19. The zero-order chi connectivity index (χ0) is 13.0. The van der Waals surface area contributed by atoms with E-state index in [4.69, 9.17) is 14.6 Å². The fourth-order valence-corrected chi connectivity index (χ4v) is 2.22. The normalized spacial score (nSPS) is 23.1. The molecule has 2 unspecified atom stereocenters. The highest BCUT2D eigenvalue weighted by molar-refractivity contribution is 5.43. The van der Waals surface area contributed by atoms with Crippen LogP contribution >= 0.6 is 0 Å². The molecule has 1 aliphatic rings. The van der Waals surface area contributed by atoms with Gasteiger partial charge in [-0.15, -0.1) is 0 Å². The number of ether oxygens (including phenoxy) is 2. The van der Waals surface area contributed by atoms with Gasteiger partial charge in [-0.25, -0.2) is 0 Å². The molecule has 1 aliphatic carbocycles. The monoisotopic (exact) mass is 252 g/mol. The summed E-state index contributed by atoms with van der Waals surface area (Å²) < 4.78 is 11.3. The van der Waals surface area contributed by atoms with Crippen molar-refractivity contribution < 1.29 is 19.7 Å². The topological polar surface area (TPSA) is 58.9 Å². The van der Waals surface area contributed by atoms with Gasteiger partial charge >= 0.3 is 0 Å². The van der Waals surface area contributed by atoms with Gasteiger partial charge in [0.05, 0.1) is 19.3 Å². The second kappa shape index (κ2) is 6.07. The van der Waals surface area contributed by atoms with Crippen LogP contribution in [0, 0.1) is 0 Å². The SMILES string of the molecule is CCOc1cc(CO)ccc1OC1CCCC1O. The van der Waals surface area contributed by atoms with Gasteiger partial charge in [-0.1, -0.05) is 6.07 Å². The molecule has 2 N–H and O–H groups in total. The number of hydrogen-bond acceptors (Lipinski definition) is 4. The predicted molar refractivity (Wildman–Crippen MR) is 67.8 cm³/mol. The molecule has 0 amide bonds. The Kier molecular flexibility index (Phi) is 4.44. The molecule has 0 aliphatic heterocycles. The first-order chi connectivity index (χ1) is 8.74. The Morgan fingerprint density at radius 2 is 2.11 bits per heavy atom. The van der Waals surface area contributed by atoms with Crippen molar-refractivity contribution in [1.29, 1.82) is 0 Å². The maximum absolute atomic E-state index is 9.77. The van der Waals surface area contributed by atoms with Gasteiger partial charge in [0.2, 0.25) is 0 Å². The second-order valence-corrected chi connectivity index (χ2v) is 4.53. The standard InChI is InChI=1S/C14H20O4/c1-2-17-14-8-10(9-15)6-7-13(14)18-12-5-3-4-11(12)16/h6-8,11-12,15-16H,2-5,9H2,1H3. The Hall–Kier alpha value is -1.26. The summed E-state index contributed by atoms with van der Waals surface area (Å²) in [4.78, 5) is 0. The van der Waals surface area contributed by atoms with Gasteiger partial charge in [-0.3, -0.25) is 0 Å². The van der Waals surface area contributed by atoms with E-state index < -0.39 is 6.10 Å². The van der Waals surface area contributed by atoms with Gasteiger partial charge in [0.15, 0.2) is 11.5 Å². The number of aliphatic hydroxyl groups is 2. The van der Waals surface area contributed by atoms with Crippen molar-refractivity contribution in [2.75, 3.05) is 6.61 Å². The largest absolute Gasteiger partial charge is 0.490 e. The molecule has 1 fully saturated rings. The molecule has 0 saturated heterocycles. The van der Waals surface area contributed by atoms with Gasteiger partial charge < -0.3 is 19.7 Å². The first-order valence-corrected chi connectivity index (χ1v) is 6.46. The van der Waals surface area contributed by atoms with E-state index in [-0.39, 0.29) is 12.7 Å². The average molecular weight is 252 g/mol. The van der Waals surface area contributed by atoms with E-state index >= 15 is 0 Å². The summed E-state index contributed by atoms with van der Waals surface area (Å²) in [5.74, 6) is 1.27. The molecule has 18 heavy (non-hydrogen) atoms. The summed E-state index contributed by atoms with van der Waals surface area (Å²) in [6.07, 6.45) is 2.11. The molecule has 1 aromatic carbocycles. The lowest BCUT2D eigenvalue weighted by atomic mass is 10.2. The Morgan fingerprint density at radius 3 is 2.72 bits per heavy atom. The van der Waals surface area contributed by atoms with Crippen LogP contribution in [0.25, 0.3) is 0 Å². The number of benzene rings is 1. The van der Waals surface area contributed by atoms with E-state index in [1.54, 1.807) is 18.2 Å². The lowest BCUT2D eigenvalue weighted by molar-refractivity contribution is 0.0581. The number of hydrogen-bond donors (Lipinski definition) is 2. The van der Waals surface area contributed by atoms with E-state index in [0.717, 1.165) is 24.8 Å². The van der Waals surface area contributed by atoms with Crippen molar-refractivity contribution >= 4 is 0 Å². The zero-order valence-electron chi connectivity index (χ0n) is 10.6. The van der Waals surface area contributed by atoms with Crippen LogP contribution in [0.1, 0.15) is 31.7 Å². The van der Waals surface area contributed by atoms with Crippen LogP contribution in [0.3, 0.4) is 0 Å². The second-order valence-electron chi connectivity index (χ2n) is 4.53. The zero-order valence-corrected chi connectivity index (χ0v) is 10.6. The Labute approximate surface area is 107 Å². The summed E-state index contributed by atoms with van der Waals surface area (Å²) >= 11 is 0. The number of aliphatic hydroxyl groups excluding tert-OH is 2. The molecule has 1 saturated carbocycles. The van der Waals surface area contributed by atoms with Gasteiger partial charge in [0.25, 0.3) is 0 Å². The molecule has 100 valence electrons. The van der Waals surface area contributed by atoms with Crippen molar-refractivity contribution in [2.24, 2.45) is 0 Å². The molecule has 0 bridgehead atoms. The Morgan fingerprint density at radius 1 is 1.28 bits per heavy atom. The summed E-state index contributed by atoms with van der Waals surface area (Å²) in [5, 5.41) is 18.9. The van der Waals surface area contributed by atoms with Gasteiger partial charge in [0, 0.05) is 0 Å². The molecule has 2 rings (SSSR count). The molecule has 0 spiro atoms. The number of rotatable bonds is 5. The van der Waals surface area contributed by atoms with Crippen LogP contribution in [0.15, 0.2) is 18.2 Å². The van der Waals surface area contributed by atoms with Crippen LogP contribution < -0.4 is 9.47 Å². The minimum absolute atomic E-state index is 0.0214. The van der Waals surface area contributed by atoms with Crippen LogP contribution in [0.2, 0.25) is 0 Å². The average Bonchev–Trinajstić information content (AvgIpc) is 2.77. The lowest BCUT2D eigenvalue weighted by Gasteiger charge is -2.19. The predicted octanol–water partition coefficient (Wildman–Crippen LogP) is 1.87. The maximum Gasteiger partial charge on any atom is 0.161 e. The van der Waals surface area contributed by atoms with E-state index in [2.05, 4.69) is 0 Å². The lowest BCUT2D eigenvalue weighted by Crippen LogP contribution is -2.25. The minimum Gasteiger partial charge on any atom is -0.490 e. The van der Waals surface area contributed by atoms with Crippen molar-refractivity contribution in [3.8, 4) is 11.5 Å². The molecule has 0 heterocycles. The molecule has 4 heteroatoms. The fourth-order valence-electron chi connectivity index (χ4n) is 2.22. The van der Waals surface area contributed by atoms with Gasteiger partial charge in [-0.05, 0) is 43.9 Å². The summed E-state index contributed by atoms with van der Waals surface area (Å²) in [5.41, 5.74) is 0.790. The summed E-state index contributed by atoms with van der Waals surface area (Å²) in [6, 6.07) is 5.38. The first-order valence-electron chi connectivity index (χ1n) is 6.46. The minimum atomic E-state index is -0.392. The molecule has 0 aromatic heterocycles. The van der Waals surface area contributed by atoms with E-state index in [9.17, 15) is 5.11 Å². The van der Waals surface area contributed by atoms with Crippen molar-refractivity contribution in [1.82, 2.24) is 0 Å². The Balaban J connectivity index is 2.15. The maximum atomic E-state index is 9.77. The smallest absolute Gasteiger partial charge is 0.161 e. The Bertz CT molecular complexity index is 391. The molecule has 4 nitrogen and oxygen atoms in total. The van der Waals surface area contributed by atoms with E-state index in [0.29, 0.717) is 18.1 Å². The molecular weight excluding hydrogens is 232 g/mol. The summed E-state index contributed by atoms with van der Waals surface area (Å²) in [6.45, 7) is 2.42. The third kappa shape index (κ3) is 2.94. The van der Waals surface area contributed by atoms with Crippen molar-refractivity contribution in [3.63, 3.8) is 0 Å². The van der Waals surface area contributed by atoms with Crippen LogP contribution in [-0.2, 0) is 6.61 Å². The molecule has 2 atom stereocenters. The molecular formula is C14H20O4. The first kappa shape index (κ1) is 13.2. The van der Waals surface area contributed by atoms with E-state index in [1.165, 1.54) is 0 Å². The van der Waals surface area contributed by atoms with Crippen LogP contribution in [-0.4, -0.2) is 29.0 Å². The highest BCUT2D eigenvalue weighted by Crippen LogP contribution is 2.32. The van der Waals surface area contributed by atoms with Gasteiger partial charge in [-0.2, -0.15) is 0 Å². The van der Waals surface area contributed by atoms with E-state index in [1.807, 2.05) is 6.92 Å². The van der Waals surface area contributed by atoms with Crippen LogP contribution in [0.4, 0.5) is 0 Å². The van der Waals surface area contributed by atoms with Crippen LogP contribution in [0.5, 0.6) is 11.5 Å². The van der Waals surface area contributed by atoms with Crippen molar-refractivity contribution in [2.45, 2.75) is 45.0 Å². The third-order valence-electron chi connectivity index (χ3n) is 3.19. The molecule has 1 aromatic rings. The fraction of sp³-hybridized carbons (Fsp3) is 0.571. The highest BCUT2D eigenvalue weighted by Gasteiger charge is 2.27. The van der Waals surface area contributed by atoms with Crippen molar-refractivity contribution in [3.05, 3.63) is 23.8 Å². The summed E-state index contributed by atoms with van der Waals surface area (Å²) in [7, 11) is 0. The highest BCUT2D eigenvalue weighted by atomic mass is 16.5.